The van der Waals surface area contributed by atoms with Gasteiger partial charge in [0.05, 0.1) is 11.8 Å². The molecule has 78 valence electrons. The molecule has 0 aliphatic carbocycles. The van der Waals surface area contributed by atoms with Crippen molar-refractivity contribution in [2.24, 2.45) is 0 Å². The minimum atomic E-state index is 0.0102. The maximum Gasteiger partial charge on any atom is 0.233 e. The van der Waals surface area contributed by atoms with Crippen molar-refractivity contribution < 1.29 is 4.79 Å². The highest BCUT2D eigenvalue weighted by Crippen LogP contribution is 2.09. The Morgan fingerprint density at radius 3 is 3.00 bits per heavy atom. The fraction of sp³-hybridized carbons (Fsp3) is 0.556. The molecule has 1 aromatic rings. The number of hydrogen-bond acceptors (Lipinski definition) is 4. The van der Waals surface area contributed by atoms with E-state index in [2.05, 4.69) is 10.3 Å². The molecule has 1 atom stereocenters. The first-order valence-corrected chi connectivity index (χ1v) is 6.51. The van der Waals surface area contributed by atoms with Gasteiger partial charge in [0.15, 0.2) is 0 Å². The van der Waals surface area contributed by atoms with Crippen LogP contribution < -0.4 is 5.32 Å². The van der Waals surface area contributed by atoms with Crippen LogP contribution in [0.1, 0.15) is 17.6 Å². The van der Waals surface area contributed by atoms with Crippen LogP contribution in [0, 0.1) is 6.92 Å². The van der Waals surface area contributed by atoms with Crippen LogP contribution in [0.5, 0.6) is 0 Å². The number of rotatable bonds is 4. The molecular formula is C9H14N2OS2. The van der Waals surface area contributed by atoms with E-state index in [4.69, 9.17) is 0 Å². The molecule has 0 bridgehead atoms. The summed E-state index contributed by atoms with van der Waals surface area (Å²) in [6, 6.07) is 0. The van der Waals surface area contributed by atoms with E-state index in [-0.39, 0.29) is 11.2 Å². The Kier molecular flexibility index (Phi) is 4.41. The third-order valence-electron chi connectivity index (χ3n) is 1.80. The lowest BCUT2D eigenvalue weighted by Crippen LogP contribution is -2.30. The summed E-state index contributed by atoms with van der Waals surface area (Å²) in [5, 5.41) is 5.81. The summed E-state index contributed by atoms with van der Waals surface area (Å²) in [7, 11) is 0. The fourth-order valence-electron chi connectivity index (χ4n) is 0.897. The molecule has 0 aromatic carbocycles. The van der Waals surface area contributed by atoms with Crippen LogP contribution in [0.3, 0.4) is 0 Å². The lowest BCUT2D eigenvalue weighted by atomic mass is 10.4. The number of thiazole rings is 1. The molecule has 1 heterocycles. The zero-order valence-electron chi connectivity index (χ0n) is 8.53. The summed E-state index contributed by atoms with van der Waals surface area (Å²) < 4.78 is 0. The smallest absolute Gasteiger partial charge is 0.233 e. The van der Waals surface area contributed by atoms with Crippen molar-refractivity contribution in [3.63, 3.8) is 0 Å². The zero-order valence-corrected chi connectivity index (χ0v) is 10.2. The van der Waals surface area contributed by atoms with Crippen LogP contribution >= 0.6 is 23.1 Å². The molecular weight excluding hydrogens is 216 g/mol. The normalized spacial score (nSPS) is 12.5. The highest BCUT2D eigenvalue weighted by Gasteiger charge is 2.10. The van der Waals surface area contributed by atoms with Crippen LogP contribution in [0.15, 0.2) is 5.38 Å². The van der Waals surface area contributed by atoms with Gasteiger partial charge in [0.1, 0.15) is 5.01 Å². The maximum absolute atomic E-state index is 11.4. The Labute approximate surface area is 92.3 Å². The van der Waals surface area contributed by atoms with Crippen molar-refractivity contribution in [3.8, 4) is 0 Å². The summed E-state index contributed by atoms with van der Waals surface area (Å²) >= 11 is 3.12. The average Bonchev–Trinajstić information content (AvgIpc) is 2.59. The molecule has 0 radical (unpaired) electrons. The van der Waals surface area contributed by atoms with Gasteiger partial charge in [-0.05, 0) is 20.1 Å². The van der Waals surface area contributed by atoms with Gasteiger partial charge < -0.3 is 5.32 Å². The second-order valence-electron chi connectivity index (χ2n) is 2.98. The minimum Gasteiger partial charge on any atom is -0.349 e. The molecule has 0 aliphatic heterocycles. The minimum absolute atomic E-state index is 0.0102. The van der Waals surface area contributed by atoms with Crippen molar-refractivity contribution in [3.05, 3.63) is 16.1 Å². The SMILES string of the molecule is CS[C@@H](C)C(=O)NCc1nc(C)cs1. The third kappa shape index (κ3) is 3.31. The summed E-state index contributed by atoms with van der Waals surface area (Å²) in [6.07, 6.45) is 1.93. The second kappa shape index (κ2) is 5.36. The predicted molar refractivity (Wildman–Crippen MR) is 61.7 cm³/mol. The molecule has 1 N–H and O–H groups in total. The van der Waals surface area contributed by atoms with Gasteiger partial charge in [0, 0.05) is 11.1 Å². The molecule has 0 spiro atoms. The number of nitrogens with one attached hydrogen (secondary N) is 1. The number of thioether (sulfide) groups is 1. The number of nitrogens with zero attached hydrogens (tertiary/aromatic N) is 1. The summed E-state index contributed by atoms with van der Waals surface area (Å²) in [6.45, 7) is 4.39. The lowest BCUT2D eigenvalue weighted by molar-refractivity contribution is -0.120. The highest BCUT2D eigenvalue weighted by molar-refractivity contribution is 7.99. The van der Waals surface area contributed by atoms with Gasteiger partial charge in [-0.3, -0.25) is 4.79 Å². The monoisotopic (exact) mass is 230 g/mol. The molecule has 0 saturated carbocycles. The van der Waals surface area contributed by atoms with Gasteiger partial charge in [-0.2, -0.15) is 11.8 Å². The summed E-state index contributed by atoms with van der Waals surface area (Å²) in [5.41, 5.74) is 1.01. The first-order chi connectivity index (χ1) is 6.63. The molecule has 1 rings (SSSR count). The van der Waals surface area contributed by atoms with Crippen LogP contribution in [-0.2, 0) is 11.3 Å². The van der Waals surface area contributed by atoms with Gasteiger partial charge in [0.25, 0.3) is 0 Å². The van der Waals surface area contributed by atoms with E-state index in [9.17, 15) is 4.79 Å². The van der Waals surface area contributed by atoms with Crippen molar-refractivity contribution >= 4 is 29.0 Å². The van der Waals surface area contributed by atoms with Crippen molar-refractivity contribution in [1.29, 1.82) is 0 Å². The summed E-state index contributed by atoms with van der Waals surface area (Å²) in [5.74, 6) is 0.0744. The predicted octanol–water partition coefficient (Wildman–Crippen LogP) is 1.82. The van der Waals surface area contributed by atoms with Crippen molar-refractivity contribution in [2.75, 3.05) is 6.26 Å². The molecule has 0 aliphatic rings. The van der Waals surface area contributed by atoms with Crippen LogP contribution in [0.4, 0.5) is 0 Å². The molecule has 1 aromatic heterocycles. The molecule has 5 heteroatoms. The number of carbonyl (C=O) groups excluding carboxylic acids is 1. The average molecular weight is 230 g/mol. The largest absolute Gasteiger partial charge is 0.349 e. The molecule has 3 nitrogen and oxygen atoms in total. The van der Waals surface area contributed by atoms with E-state index >= 15 is 0 Å². The highest BCUT2D eigenvalue weighted by atomic mass is 32.2. The van der Waals surface area contributed by atoms with Crippen molar-refractivity contribution in [1.82, 2.24) is 10.3 Å². The van der Waals surface area contributed by atoms with E-state index in [0.29, 0.717) is 6.54 Å². The van der Waals surface area contributed by atoms with Crippen molar-refractivity contribution in [2.45, 2.75) is 25.6 Å². The summed E-state index contributed by atoms with van der Waals surface area (Å²) in [4.78, 5) is 15.7. The molecule has 0 fully saturated rings. The quantitative estimate of drug-likeness (QED) is 0.858. The Balaban J connectivity index is 2.37. The zero-order chi connectivity index (χ0) is 10.6. The lowest BCUT2D eigenvalue weighted by Gasteiger charge is -2.07. The molecule has 0 unspecified atom stereocenters. The van der Waals surface area contributed by atoms with E-state index in [0.717, 1.165) is 10.7 Å². The molecule has 1 amide bonds. The van der Waals surface area contributed by atoms with Gasteiger partial charge in [-0.15, -0.1) is 11.3 Å². The fourth-order valence-corrected chi connectivity index (χ4v) is 1.91. The molecule has 14 heavy (non-hydrogen) atoms. The number of carbonyl (C=O) groups is 1. The first kappa shape index (κ1) is 11.5. The first-order valence-electron chi connectivity index (χ1n) is 4.35. The topological polar surface area (TPSA) is 42.0 Å². The maximum atomic E-state index is 11.4. The van der Waals surface area contributed by atoms with Gasteiger partial charge in [0.2, 0.25) is 5.91 Å². The molecule has 0 saturated heterocycles. The van der Waals surface area contributed by atoms with Gasteiger partial charge in [-0.25, -0.2) is 4.98 Å². The number of aromatic nitrogens is 1. The standard InChI is InChI=1S/C9H14N2OS2/c1-6-5-14-8(11-6)4-10-9(12)7(2)13-3/h5,7H,4H2,1-3H3,(H,10,12)/t7-/m0/s1. The second-order valence-corrected chi connectivity index (χ2v) is 5.10. The van der Waals surface area contributed by atoms with Crippen LogP contribution in [0.25, 0.3) is 0 Å². The number of aryl methyl sites for hydroxylation is 1. The Morgan fingerprint density at radius 1 is 1.79 bits per heavy atom. The van der Waals surface area contributed by atoms with E-state index in [1.54, 1.807) is 23.1 Å². The van der Waals surface area contributed by atoms with Gasteiger partial charge in [-0.1, -0.05) is 0 Å². The number of hydrogen-bond donors (Lipinski definition) is 1. The van der Waals surface area contributed by atoms with Crippen LogP contribution in [-0.4, -0.2) is 22.4 Å². The van der Waals surface area contributed by atoms with E-state index in [1.807, 2.05) is 25.5 Å². The van der Waals surface area contributed by atoms with E-state index in [1.165, 1.54) is 0 Å². The van der Waals surface area contributed by atoms with Crippen LogP contribution in [0.2, 0.25) is 0 Å². The third-order valence-corrected chi connectivity index (χ3v) is 3.69. The number of amides is 1. The Morgan fingerprint density at radius 2 is 2.50 bits per heavy atom. The van der Waals surface area contributed by atoms with Gasteiger partial charge >= 0.3 is 0 Å². The Bertz CT molecular complexity index is 312. The van der Waals surface area contributed by atoms with E-state index < -0.39 is 0 Å². The Hall–Kier alpha value is -0.550.